The number of nitrogens with one attached hydrogen (secondary N) is 2. The fourth-order valence-corrected chi connectivity index (χ4v) is 5.77. The summed E-state index contributed by atoms with van der Waals surface area (Å²) in [6.07, 6.45) is 4.08. The predicted octanol–water partition coefficient (Wildman–Crippen LogP) is 3.81. The number of amides is 6. The van der Waals surface area contributed by atoms with Gasteiger partial charge in [0.1, 0.15) is 12.1 Å². The van der Waals surface area contributed by atoms with Crippen molar-refractivity contribution in [2.45, 2.75) is 71.9 Å². The molecule has 2 aliphatic heterocycles. The highest BCUT2D eigenvalue weighted by Crippen LogP contribution is 2.28. The van der Waals surface area contributed by atoms with Crippen LogP contribution in [0.15, 0.2) is 48.5 Å². The fraction of sp³-hybridized carbons (Fsp3) is 0.455. The Balaban J connectivity index is 1.16. The quantitative estimate of drug-likeness (QED) is 0.255. The van der Waals surface area contributed by atoms with Crippen LogP contribution < -0.4 is 10.6 Å². The average Bonchev–Trinajstić information content (AvgIpc) is 3.37. The first-order chi connectivity index (χ1) is 20.6. The van der Waals surface area contributed by atoms with Crippen LogP contribution in [0.25, 0.3) is 0 Å². The first-order valence-corrected chi connectivity index (χ1v) is 15.1. The number of rotatable bonds is 14. The molecule has 0 bridgehead atoms. The Kier molecular flexibility index (Phi) is 10.1. The Bertz CT molecular complexity index is 1240. The maximum Gasteiger partial charge on any atom is 0.262 e. The van der Waals surface area contributed by atoms with E-state index in [0.717, 1.165) is 41.9 Å². The van der Waals surface area contributed by atoms with E-state index in [-0.39, 0.29) is 23.7 Å². The second-order valence-corrected chi connectivity index (χ2v) is 11.8. The van der Waals surface area contributed by atoms with Gasteiger partial charge in [0.25, 0.3) is 23.6 Å². The smallest absolute Gasteiger partial charge is 0.262 e. The van der Waals surface area contributed by atoms with Crippen molar-refractivity contribution in [2.75, 3.05) is 13.1 Å². The third-order valence-corrected chi connectivity index (χ3v) is 7.96. The Hall–Kier alpha value is -4.34. The average molecular weight is 589 g/mol. The zero-order chi connectivity index (χ0) is 31.3. The third-order valence-electron chi connectivity index (χ3n) is 7.96. The van der Waals surface area contributed by atoms with Gasteiger partial charge in [-0.05, 0) is 48.9 Å². The van der Waals surface area contributed by atoms with E-state index in [1.165, 1.54) is 0 Å². The molecular weight excluding hydrogens is 548 g/mol. The number of hydrogen-bond acceptors (Lipinski definition) is 6. The van der Waals surface area contributed by atoms with Crippen LogP contribution in [-0.4, -0.2) is 70.4 Å². The lowest BCUT2D eigenvalue weighted by Crippen LogP contribution is -2.52. The summed E-state index contributed by atoms with van der Waals surface area (Å²) in [5.41, 5.74) is 1.30. The van der Waals surface area contributed by atoms with E-state index in [9.17, 15) is 28.8 Å². The highest BCUT2D eigenvalue weighted by molar-refractivity contribution is 6.23. The van der Waals surface area contributed by atoms with Gasteiger partial charge in [-0.3, -0.25) is 38.6 Å². The third kappa shape index (κ3) is 6.53. The van der Waals surface area contributed by atoms with Crippen molar-refractivity contribution < 1.29 is 28.8 Å². The Morgan fingerprint density at radius 3 is 1.09 bits per heavy atom. The highest BCUT2D eigenvalue weighted by atomic mass is 16.2. The van der Waals surface area contributed by atoms with Gasteiger partial charge in [0, 0.05) is 13.1 Å². The van der Waals surface area contributed by atoms with Crippen molar-refractivity contribution in [1.29, 1.82) is 0 Å². The molecule has 6 amide bonds. The van der Waals surface area contributed by atoms with Crippen LogP contribution in [0.2, 0.25) is 0 Å². The summed E-state index contributed by atoms with van der Waals surface area (Å²) in [5, 5.41) is 5.78. The second kappa shape index (κ2) is 13.8. The summed E-state index contributed by atoms with van der Waals surface area (Å²) in [4.78, 5) is 79.7. The van der Waals surface area contributed by atoms with Crippen molar-refractivity contribution in [2.24, 2.45) is 11.8 Å². The SMILES string of the molecule is CC(C)[C@H](C(=O)NCCCCCCCNC(=O)[C@@H](C(C)C)N1C(=O)c2ccccc2C1=O)N1C(=O)c2ccccc2C1=O. The molecule has 2 N–H and O–H groups in total. The molecule has 0 radical (unpaired) electrons. The van der Waals surface area contributed by atoms with E-state index in [0.29, 0.717) is 35.3 Å². The summed E-state index contributed by atoms with van der Waals surface area (Å²) in [6, 6.07) is 11.5. The number of benzene rings is 2. The van der Waals surface area contributed by atoms with Crippen molar-refractivity contribution in [1.82, 2.24) is 20.4 Å². The van der Waals surface area contributed by atoms with Gasteiger partial charge in [-0.2, -0.15) is 0 Å². The van der Waals surface area contributed by atoms with Crippen molar-refractivity contribution in [3.63, 3.8) is 0 Å². The molecule has 2 heterocycles. The van der Waals surface area contributed by atoms with Crippen molar-refractivity contribution in [3.05, 3.63) is 70.8 Å². The zero-order valence-electron chi connectivity index (χ0n) is 25.2. The number of imide groups is 2. The number of fused-ring (bicyclic) bond motifs is 2. The van der Waals surface area contributed by atoms with Crippen LogP contribution in [0, 0.1) is 11.8 Å². The molecule has 0 aromatic heterocycles. The summed E-state index contributed by atoms with van der Waals surface area (Å²) in [7, 11) is 0. The largest absolute Gasteiger partial charge is 0.354 e. The molecule has 0 spiro atoms. The minimum atomic E-state index is -0.883. The molecule has 0 saturated heterocycles. The van der Waals surface area contributed by atoms with Crippen molar-refractivity contribution >= 4 is 35.4 Å². The first kappa shape index (κ1) is 31.6. The van der Waals surface area contributed by atoms with Crippen molar-refractivity contribution in [3.8, 4) is 0 Å². The molecule has 43 heavy (non-hydrogen) atoms. The molecule has 10 heteroatoms. The zero-order valence-corrected chi connectivity index (χ0v) is 25.2. The Labute approximate surface area is 252 Å². The lowest BCUT2D eigenvalue weighted by atomic mass is 10.0. The van der Waals surface area contributed by atoms with Gasteiger partial charge in [-0.1, -0.05) is 71.2 Å². The monoisotopic (exact) mass is 588 g/mol. The molecule has 228 valence electrons. The number of nitrogens with zero attached hydrogens (tertiary/aromatic N) is 2. The van der Waals surface area contributed by atoms with Gasteiger partial charge in [-0.25, -0.2) is 0 Å². The normalized spacial score (nSPS) is 15.7. The van der Waals surface area contributed by atoms with Crippen LogP contribution in [0.5, 0.6) is 0 Å². The second-order valence-electron chi connectivity index (χ2n) is 11.8. The van der Waals surface area contributed by atoms with E-state index >= 15 is 0 Å². The molecule has 0 saturated carbocycles. The standard InChI is InChI=1S/C33H40N4O6/c1-20(2)26(36-30(40)22-14-8-9-15-23(22)31(36)41)28(38)34-18-12-6-5-7-13-19-35-29(39)27(21(3)4)37-32(42)24-16-10-11-17-25(24)33(37)43/h8-11,14-17,20-21,26-27H,5-7,12-13,18-19H2,1-4H3,(H,34,38)(H,35,39)/t26-,27-/m1/s1. The lowest BCUT2D eigenvalue weighted by Gasteiger charge is -2.28. The van der Waals surface area contributed by atoms with Crippen LogP contribution in [0.4, 0.5) is 0 Å². The number of carbonyl (C=O) groups is 6. The number of unbranched alkanes of at least 4 members (excludes halogenated alkanes) is 4. The molecule has 4 rings (SSSR count). The Morgan fingerprint density at radius 2 is 0.814 bits per heavy atom. The van der Waals surface area contributed by atoms with E-state index in [2.05, 4.69) is 10.6 Å². The minimum Gasteiger partial charge on any atom is -0.354 e. The number of carbonyl (C=O) groups excluding carboxylic acids is 6. The van der Waals surface area contributed by atoms with Gasteiger partial charge < -0.3 is 10.6 Å². The summed E-state index contributed by atoms with van der Waals surface area (Å²) in [6.45, 7) is 8.12. The lowest BCUT2D eigenvalue weighted by molar-refractivity contribution is -0.126. The molecule has 0 fully saturated rings. The number of hydrogen-bond donors (Lipinski definition) is 2. The van der Waals surface area contributed by atoms with Gasteiger partial charge in [0.2, 0.25) is 11.8 Å². The van der Waals surface area contributed by atoms with Crippen LogP contribution in [-0.2, 0) is 9.59 Å². The minimum absolute atomic E-state index is 0.246. The summed E-state index contributed by atoms with van der Waals surface area (Å²) >= 11 is 0. The fourth-order valence-electron chi connectivity index (χ4n) is 5.77. The summed E-state index contributed by atoms with van der Waals surface area (Å²) in [5.74, 6) is -2.94. The maximum absolute atomic E-state index is 13.0. The van der Waals surface area contributed by atoms with E-state index in [1.54, 1.807) is 48.5 Å². The molecule has 0 unspecified atom stereocenters. The van der Waals surface area contributed by atoms with Crippen LogP contribution in [0.3, 0.4) is 0 Å². The molecule has 2 atom stereocenters. The van der Waals surface area contributed by atoms with Gasteiger partial charge >= 0.3 is 0 Å². The molecule has 10 nitrogen and oxygen atoms in total. The van der Waals surface area contributed by atoms with Gasteiger partial charge in [0.15, 0.2) is 0 Å². The van der Waals surface area contributed by atoms with Gasteiger partial charge in [0.05, 0.1) is 22.3 Å². The van der Waals surface area contributed by atoms with E-state index < -0.39 is 35.7 Å². The molecular formula is C33H40N4O6. The maximum atomic E-state index is 13.0. The molecule has 2 aromatic carbocycles. The van der Waals surface area contributed by atoms with Crippen LogP contribution in [0.1, 0.15) is 101 Å². The summed E-state index contributed by atoms with van der Waals surface area (Å²) < 4.78 is 0. The Morgan fingerprint density at radius 1 is 0.535 bits per heavy atom. The van der Waals surface area contributed by atoms with E-state index in [1.807, 2.05) is 27.7 Å². The van der Waals surface area contributed by atoms with E-state index in [4.69, 9.17) is 0 Å². The first-order valence-electron chi connectivity index (χ1n) is 15.1. The predicted molar refractivity (Wildman–Crippen MR) is 160 cm³/mol. The topological polar surface area (TPSA) is 133 Å². The van der Waals surface area contributed by atoms with Crippen LogP contribution >= 0.6 is 0 Å². The molecule has 0 aliphatic carbocycles. The highest BCUT2D eigenvalue weighted by Gasteiger charge is 2.45. The molecule has 2 aromatic rings. The molecule has 2 aliphatic rings. The van der Waals surface area contributed by atoms with Gasteiger partial charge in [-0.15, -0.1) is 0 Å².